The van der Waals surface area contributed by atoms with E-state index in [-0.39, 0.29) is 5.05 Å². The van der Waals surface area contributed by atoms with Gasteiger partial charge in [-0.25, -0.2) is 0 Å². The number of aliphatic hydroxyl groups is 1. The Hall–Kier alpha value is -1.09. The summed E-state index contributed by atoms with van der Waals surface area (Å²) in [5.41, 5.74) is 7.90. The first-order valence-electron chi connectivity index (χ1n) is 4.27. The summed E-state index contributed by atoms with van der Waals surface area (Å²) in [7, 11) is 0. The maximum atomic E-state index is 9.15. The molecule has 0 heterocycles. The van der Waals surface area contributed by atoms with Crippen LogP contribution >= 0.6 is 12.2 Å². The van der Waals surface area contributed by atoms with E-state index in [4.69, 9.17) is 10.8 Å². The molecule has 0 atom stereocenters. The largest absolute Gasteiger partial charge is 0.498 e. The minimum Gasteiger partial charge on any atom is -0.498 e. The Bertz CT molecular complexity index is 323. The average Bonchev–Trinajstić information content (AvgIpc) is 2.08. The zero-order chi connectivity index (χ0) is 9.84. The van der Waals surface area contributed by atoms with Gasteiger partial charge in [-0.05, 0) is 36.3 Å². The van der Waals surface area contributed by atoms with Crippen LogP contribution in [-0.2, 0) is 6.42 Å². The molecule has 0 radical (unpaired) electrons. The second-order valence-electron chi connectivity index (χ2n) is 2.98. The van der Waals surface area contributed by atoms with Crippen molar-refractivity contribution >= 4 is 23.0 Å². The van der Waals surface area contributed by atoms with E-state index in [0.29, 0.717) is 11.3 Å². The van der Waals surface area contributed by atoms with Gasteiger partial charge in [0.2, 0.25) is 0 Å². The Morgan fingerprint density at radius 2 is 2.23 bits per heavy atom. The van der Waals surface area contributed by atoms with E-state index in [9.17, 15) is 0 Å². The second kappa shape index (κ2) is 4.23. The van der Waals surface area contributed by atoms with Crippen molar-refractivity contribution in [2.24, 2.45) is 0 Å². The normalized spacial score (nSPS) is 9.92. The van der Waals surface area contributed by atoms with Crippen molar-refractivity contribution in [1.29, 1.82) is 0 Å². The highest BCUT2D eigenvalue weighted by atomic mass is 32.1. The lowest BCUT2D eigenvalue weighted by Gasteiger charge is -2.05. The van der Waals surface area contributed by atoms with Crippen molar-refractivity contribution in [3.05, 3.63) is 29.3 Å². The van der Waals surface area contributed by atoms with Crippen molar-refractivity contribution < 1.29 is 5.11 Å². The zero-order valence-corrected chi connectivity index (χ0v) is 8.40. The molecule has 0 aromatic heterocycles. The van der Waals surface area contributed by atoms with Gasteiger partial charge in [0.25, 0.3) is 0 Å². The summed E-state index contributed by atoms with van der Waals surface area (Å²) < 4.78 is 0. The third-order valence-corrected chi connectivity index (χ3v) is 2.11. The van der Waals surface area contributed by atoms with Gasteiger partial charge in [-0.1, -0.05) is 19.4 Å². The molecule has 0 aliphatic rings. The van der Waals surface area contributed by atoms with Crippen LogP contribution in [0.3, 0.4) is 0 Å². The van der Waals surface area contributed by atoms with Crippen LogP contribution in [0.4, 0.5) is 5.69 Å². The molecule has 0 aliphatic carbocycles. The molecule has 0 aliphatic heterocycles. The number of anilines is 1. The smallest absolute Gasteiger partial charge is 0.190 e. The van der Waals surface area contributed by atoms with Gasteiger partial charge in [0, 0.05) is 5.69 Å². The highest BCUT2D eigenvalue weighted by Crippen LogP contribution is 2.15. The summed E-state index contributed by atoms with van der Waals surface area (Å²) in [6.07, 6.45) is 2.05. The molecule has 1 aromatic carbocycles. The van der Waals surface area contributed by atoms with Crippen molar-refractivity contribution in [2.75, 3.05) is 5.73 Å². The Morgan fingerprint density at radius 1 is 1.54 bits per heavy atom. The first kappa shape index (κ1) is 9.99. The first-order valence-corrected chi connectivity index (χ1v) is 4.67. The van der Waals surface area contributed by atoms with Crippen LogP contribution in [0.15, 0.2) is 18.2 Å². The highest BCUT2D eigenvalue weighted by Gasteiger charge is 2.04. The summed E-state index contributed by atoms with van der Waals surface area (Å²) in [4.78, 5) is 0. The maximum absolute atomic E-state index is 9.15. The lowest BCUT2D eigenvalue weighted by molar-refractivity contribution is 0.571. The van der Waals surface area contributed by atoms with Crippen molar-refractivity contribution in [3.8, 4) is 0 Å². The molecule has 0 amide bonds. The summed E-state index contributed by atoms with van der Waals surface area (Å²) in [6, 6.07) is 5.59. The number of aryl methyl sites for hydroxylation is 1. The number of hydrogen-bond acceptors (Lipinski definition) is 2. The quantitative estimate of drug-likeness (QED) is 0.575. The van der Waals surface area contributed by atoms with Crippen LogP contribution in [0, 0.1) is 0 Å². The Morgan fingerprint density at radius 3 is 2.77 bits per heavy atom. The van der Waals surface area contributed by atoms with Gasteiger partial charge in [-0.15, -0.1) is 0 Å². The molecule has 0 bridgehead atoms. The van der Waals surface area contributed by atoms with Gasteiger partial charge in [0.05, 0.1) is 5.56 Å². The SMILES string of the molecule is CCCc1ccc(N)c(C(O)=S)c1. The molecule has 0 saturated carbocycles. The molecule has 0 saturated heterocycles. The van der Waals surface area contributed by atoms with Crippen molar-refractivity contribution in [3.63, 3.8) is 0 Å². The molecular weight excluding hydrogens is 182 g/mol. The maximum Gasteiger partial charge on any atom is 0.190 e. The van der Waals surface area contributed by atoms with Gasteiger partial charge in [0.15, 0.2) is 5.05 Å². The fourth-order valence-corrected chi connectivity index (χ4v) is 1.41. The predicted molar refractivity (Wildman–Crippen MR) is 59.2 cm³/mol. The molecular formula is C10H13NOS. The molecule has 3 heteroatoms. The Labute approximate surface area is 83.4 Å². The molecule has 1 rings (SSSR count). The summed E-state index contributed by atoms with van der Waals surface area (Å²) in [5.74, 6) is 0. The molecule has 1 aromatic rings. The van der Waals surface area contributed by atoms with E-state index in [1.807, 2.05) is 12.1 Å². The van der Waals surface area contributed by atoms with E-state index in [1.165, 1.54) is 0 Å². The molecule has 0 unspecified atom stereocenters. The number of thiocarbonyl (C=S) groups is 1. The fraction of sp³-hybridized carbons (Fsp3) is 0.300. The van der Waals surface area contributed by atoms with E-state index in [2.05, 4.69) is 19.1 Å². The molecule has 2 nitrogen and oxygen atoms in total. The first-order chi connectivity index (χ1) is 6.15. The summed E-state index contributed by atoms with van der Waals surface area (Å²) in [6.45, 7) is 2.10. The van der Waals surface area contributed by atoms with E-state index in [1.54, 1.807) is 6.07 Å². The van der Waals surface area contributed by atoms with E-state index < -0.39 is 0 Å². The van der Waals surface area contributed by atoms with Crippen molar-refractivity contribution in [1.82, 2.24) is 0 Å². The molecule has 70 valence electrons. The van der Waals surface area contributed by atoms with Crippen LogP contribution < -0.4 is 5.73 Å². The summed E-state index contributed by atoms with van der Waals surface area (Å²) in [5, 5.41) is 9.02. The standard InChI is InChI=1S/C10H13NOS/c1-2-3-7-4-5-9(11)8(6-7)10(12)13/h4-6H,2-3,11H2,1H3,(H,12,13). The molecule has 13 heavy (non-hydrogen) atoms. The number of nitrogen functional groups attached to an aromatic ring is 1. The second-order valence-corrected chi connectivity index (χ2v) is 3.36. The Kier molecular flexibility index (Phi) is 3.25. The highest BCUT2D eigenvalue weighted by molar-refractivity contribution is 7.80. The molecule has 0 spiro atoms. The van der Waals surface area contributed by atoms with Crippen LogP contribution in [0.5, 0.6) is 0 Å². The van der Waals surface area contributed by atoms with Crippen LogP contribution in [0.25, 0.3) is 0 Å². The van der Waals surface area contributed by atoms with Gasteiger partial charge in [0.1, 0.15) is 0 Å². The van der Waals surface area contributed by atoms with Gasteiger partial charge < -0.3 is 10.8 Å². The predicted octanol–water partition coefficient (Wildman–Crippen LogP) is 2.45. The number of rotatable bonds is 3. The third kappa shape index (κ3) is 2.42. The topological polar surface area (TPSA) is 46.2 Å². The Balaban J connectivity index is 3.04. The van der Waals surface area contributed by atoms with Gasteiger partial charge in [-0.2, -0.15) is 0 Å². The van der Waals surface area contributed by atoms with E-state index >= 15 is 0 Å². The molecule has 0 fully saturated rings. The lowest BCUT2D eigenvalue weighted by atomic mass is 10.1. The van der Waals surface area contributed by atoms with Gasteiger partial charge >= 0.3 is 0 Å². The number of nitrogens with two attached hydrogens (primary N) is 1. The summed E-state index contributed by atoms with van der Waals surface area (Å²) >= 11 is 4.67. The minimum atomic E-state index is -0.129. The lowest BCUT2D eigenvalue weighted by Crippen LogP contribution is -2.02. The van der Waals surface area contributed by atoms with Crippen LogP contribution in [0.1, 0.15) is 24.5 Å². The van der Waals surface area contributed by atoms with Crippen LogP contribution in [-0.4, -0.2) is 10.2 Å². The van der Waals surface area contributed by atoms with E-state index in [0.717, 1.165) is 18.4 Å². The zero-order valence-electron chi connectivity index (χ0n) is 7.58. The number of aliphatic hydroxyl groups excluding tert-OH is 1. The fourth-order valence-electron chi connectivity index (χ4n) is 1.23. The van der Waals surface area contributed by atoms with Crippen molar-refractivity contribution in [2.45, 2.75) is 19.8 Å². The van der Waals surface area contributed by atoms with Gasteiger partial charge in [-0.3, -0.25) is 0 Å². The number of benzene rings is 1. The van der Waals surface area contributed by atoms with Crippen LogP contribution in [0.2, 0.25) is 0 Å². The number of hydrogen-bond donors (Lipinski definition) is 2. The minimum absolute atomic E-state index is 0.129. The monoisotopic (exact) mass is 195 g/mol. The average molecular weight is 195 g/mol. The third-order valence-electron chi connectivity index (χ3n) is 1.89. The molecule has 3 N–H and O–H groups in total.